The smallest absolute Gasteiger partial charge is 0.261 e. The van der Waals surface area contributed by atoms with Crippen molar-refractivity contribution in [1.29, 1.82) is 0 Å². The normalized spacial score (nSPS) is 12.9. The predicted molar refractivity (Wildman–Crippen MR) is 128 cm³/mol. The Balaban J connectivity index is 2.12. The van der Waals surface area contributed by atoms with Crippen LogP contribution in [-0.4, -0.2) is 35.4 Å². The molecule has 0 bridgehead atoms. The van der Waals surface area contributed by atoms with Gasteiger partial charge in [-0.15, -0.1) is 0 Å². The zero-order chi connectivity index (χ0) is 23.0. The zero-order valence-electron chi connectivity index (χ0n) is 19.0. The number of carbonyl (C=O) groups is 2. The van der Waals surface area contributed by atoms with Crippen molar-refractivity contribution >= 4 is 27.7 Å². The fraction of sp³-hybridized carbons (Fsp3) is 0.440. The Bertz CT molecular complexity index is 850. The summed E-state index contributed by atoms with van der Waals surface area (Å²) in [6.07, 6.45) is 0.828. The summed E-state index contributed by atoms with van der Waals surface area (Å²) in [5, 5.41) is 2.97. The molecule has 2 rings (SSSR count). The lowest BCUT2D eigenvalue weighted by molar-refractivity contribution is -0.142. The lowest BCUT2D eigenvalue weighted by atomic mass is 10.0. The maximum absolute atomic E-state index is 13.1. The Labute approximate surface area is 194 Å². The molecule has 0 radical (unpaired) electrons. The molecule has 6 heteroatoms. The lowest BCUT2D eigenvalue weighted by Crippen LogP contribution is -2.50. The van der Waals surface area contributed by atoms with E-state index in [0.29, 0.717) is 18.2 Å². The Hall–Kier alpha value is -2.34. The van der Waals surface area contributed by atoms with Crippen LogP contribution in [0, 0.1) is 0 Å². The quantitative estimate of drug-likeness (QED) is 0.494. The van der Waals surface area contributed by atoms with E-state index >= 15 is 0 Å². The van der Waals surface area contributed by atoms with Crippen LogP contribution in [0.1, 0.15) is 58.1 Å². The van der Waals surface area contributed by atoms with Gasteiger partial charge in [0, 0.05) is 17.1 Å². The molecule has 5 nitrogen and oxygen atoms in total. The van der Waals surface area contributed by atoms with Crippen molar-refractivity contribution in [2.45, 2.75) is 65.6 Å². The highest BCUT2D eigenvalue weighted by molar-refractivity contribution is 9.10. The number of hydrogen-bond acceptors (Lipinski definition) is 3. The van der Waals surface area contributed by atoms with Gasteiger partial charge in [-0.3, -0.25) is 9.59 Å². The van der Waals surface area contributed by atoms with E-state index in [0.717, 1.165) is 16.5 Å². The average Bonchev–Trinajstić information content (AvgIpc) is 2.76. The van der Waals surface area contributed by atoms with Crippen LogP contribution in [0.5, 0.6) is 5.75 Å². The molecule has 0 aliphatic rings. The molecule has 1 N–H and O–H groups in total. The van der Waals surface area contributed by atoms with E-state index in [4.69, 9.17) is 4.74 Å². The maximum atomic E-state index is 13.1. The summed E-state index contributed by atoms with van der Waals surface area (Å²) < 4.78 is 6.70. The standard InChI is InChI=1S/C25H33BrN2O3/c1-6-18(4)27-25(30)19(5)28(15-20-7-11-22(26)12-8-20)24(29)16-31-23-13-9-21(10-14-23)17(2)3/h7-14,17-19H,6,15-16H2,1-5H3,(H,27,30)/t18-,19+/m0/s1. The van der Waals surface area contributed by atoms with E-state index in [1.807, 2.05) is 62.4 Å². The average molecular weight is 489 g/mol. The molecule has 0 aliphatic heterocycles. The molecule has 0 fully saturated rings. The number of halogens is 1. The summed E-state index contributed by atoms with van der Waals surface area (Å²) >= 11 is 3.43. The van der Waals surface area contributed by atoms with Gasteiger partial charge in [0.2, 0.25) is 5.91 Å². The monoisotopic (exact) mass is 488 g/mol. The molecular weight excluding hydrogens is 456 g/mol. The van der Waals surface area contributed by atoms with Crippen molar-refractivity contribution in [1.82, 2.24) is 10.2 Å². The van der Waals surface area contributed by atoms with E-state index in [1.54, 1.807) is 11.8 Å². The Morgan fingerprint density at radius 2 is 1.61 bits per heavy atom. The molecule has 168 valence electrons. The third-order valence-corrected chi connectivity index (χ3v) is 5.87. The number of nitrogens with one attached hydrogen (secondary N) is 1. The van der Waals surface area contributed by atoms with Gasteiger partial charge >= 0.3 is 0 Å². The molecule has 2 aromatic rings. The van der Waals surface area contributed by atoms with Gasteiger partial charge < -0.3 is 15.0 Å². The Morgan fingerprint density at radius 3 is 2.16 bits per heavy atom. The molecular formula is C25H33BrN2O3. The van der Waals surface area contributed by atoms with Gasteiger partial charge in [0.15, 0.2) is 6.61 Å². The van der Waals surface area contributed by atoms with Crippen molar-refractivity contribution in [3.8, 4) is 5.75 Å². The summed E-state index contributed by atoms with van der Waals surface area (Å²) in [5.74, 6) is 0.670. The molecule has 2 aromatic carbocycles. The van der Waals surface area contributed by atoms with Crippen LogP contribution >= 0.6 is 15.9 Å². The van der Waals surface area contributed by atoms with Crippen LogP contribution in [0.2, 0.25) is 0 Å². The summed E-state index contributed by atoms with van der Waals surface area (Å²) in [5.41, 5.74) is 2.16. The van der Waals surface area contributed by atoms with Gasteiger partial charge in [0.25, 0.3) is 5.91 Å². The van der Waals surface area contributed by atoms with E-state index in [-0.39, 0.29) is 24.5 Å². The Kier molecular flexibility index (Phi) is 9.56. The van der Waals surface area contributed by atoms with Gasteiger partial charge in [0.05, 0.1) is 0 Å². The second-order valence-electron chi connectivity index (χ2n) is 8.15. The Morgan fingerprint density at radius 1 is 1.00 bits per heavy atom. The summed E-state index contributed by atoms with van der Waals surface area (Å²) in [6.45, 7) is 10.2. The summed E-state index contributed by atoms with van der Waals surface area (Å²) in [6, 6.07) is 14.9. The van der Waals surface area contributed by atoms with Gasteiger partial charge in [-0.05, 0) is 61.6 Å². The first kappa shape index (κ1) is 24.9. The van der Waals surface area contributed by atoms with Gasteiger partial charge in [-0.2, -0.15) is 0 Å². The van der Waals surface area contributed by atoms with Gasteiger partial charge in [-0.1, -0.05) is 61.0 Å². The first-order chi connectivity index (χ1) is 14.7. The SMILES string of the molecule is CC[C@H](C)NC(=O)[C@@H](C)N(Cc1ccc(Br)cc1)C(=O)COc1ccc(C(C)C)cc1. The van der Waals surface area contributed by atoms with Gasteiger partial charge in [-0.25, -0.2) is 0 Å². The lowest BCUT2D eigenvalue weighted by Gasteiger charge is -2.29. The van der Waals surface area contributed by atoms with Gasteiger partial charge in [0.1, 0.15) is 11.8 Å². The fourth-order valence-corrected chi connectivity index (χ4v) is 3.28. The number of carbonyl (C=O) groups excluding carboxylic acids is 2. The third kappa shape index (κ3) is 7.69. The number of rotatable bonds is 10. The first-order valence-corrected chi connectivity index (χ1v) is 11.6. The van der Waals surface area contributed by atoms with Crippen LogP contribution < -0.4 is 10.1 Å². The molecule has 0 aromatic heterocycles. The molecule has 0 aliphatic carbocycles. The maximum Gasteiger partial charge on any atom is 0.261 e. The van der Waals surface area contributed by atoms with Crippen LogP contribution in [-0.2, 0) is 16.1 Å². The molecule has 0 spiro atoms. The second kappa shape index (κ2) is 11.9. The van der Waals surface area contributed by atoms with E-state index in [9.17, 15) is 9.59 Å². The van der Waals surface area contributed by atoms with Crippen molar-refractivity contribution in [3.05, 3.63) is 64.1 Å². The molecule has 0 unspecified atom stereocenters. The number of ether oxygens (including phenoxy) is 1. The minimum absolute atomic E-state index is 0.0512. The summed E-state index contributed by atoms with van der Waals surface area (Å²) in [7, 11) is 0. The topological polar surface area (TPSA) is 58.6 Å². The molecule has 0 heterocycles. The minimum Gasteiger partial charge on any atom is -0.484 e. The number of amides is 2. The second-order valence-corrected chi connectivity index (χ2v) is 9.07. The van der Waals surface area contributed by atoms with Crippen LogP contribution in [0.4, 0.5) is 0 Å². The summed E-state index contributed by atoms with van der Waals surface area (Å²) in [4.78, 5) is 27.4. The van der Waals surface area contributed by atoms with Crippen molar-refractivity contribution < 1.29 is 14.3 Å². The minimum atomic E-state index is -0.614. The number of hydrogen-bond donors (Lipinski definition) is 1. The van der Waals surface area contributed by atoms with Crippen molar-refractivity contribution in [3.63, 3.8) is 0 Å². The number of benzene rings is 2. The molecule has 2 atom stereocenters. The van der Waals surface area contributed by atoms with E-state index < -0.39 is 6.04 Å². The largest absolute Gasteiger partial charge is 0.484 e. The molecule has 0 saturated heterocycles. The molecule has 0 saturated carbocycles. The van der Waals surface area contributed by atoms with Crippen molar-refractivity contribution in [2.75, 3.05) is 6.61 Å². The van der Waals surface area contributed by atoms with Crippen LogP contribution in [0.25, 0.3) is 0 Å². The predicted octanol–water partition coefficient (Wildman–Crippen LogP) is 5.28. The highest BCUT2D eigenvalue weighted by Crippen LogP contribution is 2.19. The first-order valence-electron chi connectivity index (χ1n) is 10.8. The fourth-order valence-electron chi connectivity index (χ4n) is 3.01. The molecule has 2 amide bonds. The van der Waals surface area contributed by atoms with E-state index in [2.05, 4.69) is 35.1 Å². The number of nitrogens with zero attached hydrogens (tertiary/aromatic N) is 1. The third-order valence-electron chi connectivity index (χ3n) is 5.34. The van der Waals surface area contributed by atoms with Crippen molar-refractivity contribution in [2.24, 2.45) is 0 Å². The molecule has 31 heavy (non-hydrogen) atoms. The highest BCUT2D eigenvalue weighted by atomic mass is 79.9. The van der Waals surface area contributed by atoms with Crippen LogP contribution in [0.15, 0.2) is 53.0 Å². The van der Waals surface area contributed by atoms with E-state index in [1.165, 1.54) is 5.56 Å². The van der Waals surface area contributed by atoms with Crippen LogP contribution in [0.3, 0.4) is 0 Å². The zero-order valence-corrected chi connectivity index (χ0v) is 20.6. The highest BCUT2D eigenvalue weighted by Gasteiger charge is 2.27.